The summed E-state index contributed by atoms with van der Waals surface area (Å²) in [6, 6.07) is 3.57. The third-order valence-electron chi connectivity index (χ3n) is 2.68. The molecule has 1 aromatic rings. The normalized spacial score (nSPS) is 19.0. The Labute approximate surface area is 115 Å². The van der Waals surface area contributed by atoms with Crippen molar-refractivity contribution in [3.05, 3.63) is 21.3 Å². The Hall–Kier alpha value is -0.820. The van der Waals surface area contributed by atoms with Crippen molar-refractivity contribution in [1.82, 2.24) is 4.90 Å². The zero-order chi connectivity index (χ0) is 13.0. The monoisotopic (exact) mass is 289 g/mol. The van der Waals surface area contributed by atoms with Crippen LogP contribution in [0.15, 0.2) is 17.1 Å². The van der Waals surface area contributed by atoms with Crippen molar-refractivity contribution in [2.75, 3.05) is 32.8 Å². The Morgan fingerprint density at radius 1 is 1.56 bits per heavy atom. The molecule has 3 N–H and O–H groups in total. The van der Waals surface area contributed by atoms with Gasteiger partial charge in [0, 0.05) is 18.0 Å². The van der Waals surface area contributed by atoms with Gasteiger partial charge < -0.3 is 20.5 Å². The Balaban J connectivity index is 1.88. The third kappa shape index (κ3) is 3.58. The number of aliphatic imine (C=N–C) groups is 1. The first-order valence-corrected chi connectivity index (χ1v) is 6.92. The summed E-state index contributed by atoms with van der Waals surface area (Å²) >= 11 is 7.17. The number of ether oxygens (including phenoxy) is 1. The Kier molecular flexibility index (Phi) is 4.82. The van der Waals surface area contributed by atoms with E-state index in [0.717, 1.165) is 18.0 Å². The van der Waals surface area contributed by atoms with Crippen LogP contribution in [0.3, 0.4) is 0 Å². The molecule has 0 aromatic carbocycles. The van der Waals surface area contributed by atoms with Gasteiger partial charge in [-0.3, -0.25) is 4.99 Å². The standard InChI is InChI=1S/C11H16ClN3O2S/c12-10-2-1-9(18-10)8(16)7-14-11(13)15-3-5-17-6-4-15/h1-2,8,16H,3-7H2,(H2,13,14). The van der Waals surface area contributed by atoms with Crippen LogP contribution in [0.5, 0.6) is 0 Å². The summed E-state index contributed by atoms with van der Waals surface area (Å²) in [4.78, 5) is 6.97. The highest BCUT2D eigenvalue weighted by Crippen LogP contribution is 2.26. The average Bonchev–Trinajstić information content (AvgIpc) is 2.83. The van der Waals surface area contributed by atoms with Gasteiger partial charge in [0.1, 0.15) is 6.10 Å². The number of rotatable bonds is 3. The molecular formula is C11H16ClN3O2S. The van der Waals surface area contributed by atoms with Gasteiger partial charge in [-0.15, -0.1) is 11.3 Å². The number of thiophene rings is 1. The molecule has 18 heavy (non-hydrogen) atoms. The van der Waals surface area contributed by atoms with Crippen LogP contribution in [0, 0.1) is 0 Å². The molecule has 1 aromatic heterocycles. The lowest BCUT2D eigenvalue weighted by Gasteiger charge is -2.27. The SMILES string of the molecule is NC(=NCC(O)c1ccc(Cl)s1)N1CCOCC1. The van der Waals surface area contributed by atoms with E-state index in [9.17, 15) is 5.11 Å². The lowest BCUT2D eigenvalue weighted by atomic mass is 10.3. The number of halogens is 1. The van der Waals surface area contributed by atoms with E-state index in [1.165, 1.54) is 11.3 Å². The van der Waals surface area contributed by atoms with Gasteiger partial charge in [0.05, 0.1) is 24.1 Å². The molecule has 2 rings (SSSR count). The van der Waals surface area contributed by atoms with Gasteiger partial charge in [-0.1, -0.05) is 11.6 Å². The predicted octanol–water partition coefficient (Wildman–Crippen LogP) is 1.08. The van der Waals surface area contributed by atoms with Crippen LogP contribution in [0.4, 0.5) is 0 Å². The molecule has 100 valence electrons. The van der Waals surface area contributed by atoms with Gasteiger partial charge in [0.2, 0.25) is 0 Å². The van der Waals surface area contributed by atoms with E-state index in [0.29, 0.717) is 23.5 Å². The molecule has 1 aliphatic heterocycles. The lowest BCUT2D eigenvalue weighted by Crippen LogP contribution is -2.45. The molecule has 5 nitrogen and oxygen atoms in total. The van der Waals surface area contributed by atoms with Crippen molar-refractivity contribution < 1.29 is 9.84 Å². The maximum atomic E-state index is 9.93. The largest absolute Gasteiger partial charge is 0.386 e. The zero-order valence-corrected chi connectivity index (χ0v) is 11.5. The summed E-state index contributed by atoms with van der Waals surface area (Å²) in [5, 5.41) is 9.93. The number of aliphatic hydroxyl groups is 1. The number of hydrogen-bond donors (Lipinski definition) is 2. The molecule has 2 heterocycles. The predicted molar refractivity (Wildman–Crippen MR) is 73.2 cm³/mol. The molecule has 0 spiro atoms. The van der Waals surface area contributed by atoms with Crippen LogP contribution in [0.1, 0.15) is 11.0 Å². The van der Waals surface area contributed by atoms with Crippen LogP contribution in [-0.2, 0) is 4.74 Å². The maximum Gasteiger partial charge on any atom is 0.191 e. The average molecular weight is 290 g/mol. The summed E-state index contributed by atoms with van der Waals surface area (Å²) in [5.41, 5.74) is 5.87. The van der Waals surface area contributed by atoms with E-state index in [4.69, 9.17) is 22.1 Å². The minimum Gasteiger partial charge on any atom is -0.386 e. The molecule has 1 fully saturated rings. The van der Waals surface area contributed by atoms with Gasteiger partial charge >= 0.3 is 0 Å². The van der Waals surface area contributed by atoms with Gasteiger partial charge in [0.25, 0.3) is 0 Å². The van der Waals surface area contributed by atoms with Crippen molar-refractivity contribution in [2.24, 2.45) is 10.7 Å². The van der Waals surface area contributed by atoms with Gasteiger partial charge in [0.15, 0.2) is 5.96 Å². The quantitative estimate of drug-likeness (QED) is 0.645. The second-order valence-corrected chi connectivity index (χ2v) is 5.70. The number of nitrogens with two attached hydrogens (primary N) is 1. The Bertz CT molecular complexity index is 418. The van der Waals surface area contributed by atoms with Crippen LogP contribution < -0.4 is 5.73 Å². The van der Waals surface area contributed by atoms with Gasteiger partial charge in [-0.05, 0) is 12.1 Å². The molecule has 0 aliphatic carbocycles. The summed E-state index contributed by atoms with van der Waals surface area (Å²) in [5.74, 6) is 0.458. The topological polar surface area (TPSA) is 71.1 Å². The van der Waals surface area contributed by atoms with E-state index >= 15 is 0 Å². The summed E-state index contributed by atoms with van der Waals surface area (Å²) in [6.45, 7) is 3.07. The summed E-state index contributed by atoms with van der Waals surface area (Å²) < 4.78 is 5.89. The van der Waals surface area contributed by atoms with E-state index in [-0.39, 0.29) is 6.54 Å². The minimum absolute atomic E-state index is 0.250. The minimum atomic E-state index is -0.651. The molecule has 1 aliphatic rings. The molecule has 7 heteroatoms. The number of guanidine groups is 1. The van der Waals surface area contributed by atoms with Crippen LogP contribution in [0.2, 0.25) is 4.34 Å². The van der Waals surface area contributed by atoms with E-state index < -0.39 is 6.10 Å². The first-order valence-electron chi connectivity index (χ1n) is 5.72. The highest BCUT2D eigenvalue weighted by atomic mass is 35.5. The van der Waals surface area contributed by atoms with Crippen molar-refractivity contribution in [3.63, 3.8) is 0 Å². The second kappa shape index (κ2) is 6.38. The van der Waals surface area contributed by atoms with E-state index in [2.05, 4.69) is 4.99 Å². The number of aliphatic hydroxyl groups excluding tert-OH is 1. The van der Waals surface area contributed by atoms with Crippen molar-refractivity contribution in [2.45, 2.75) is 6.10 Å². The van der Waals surface area contributed by atoms with Crippen molar-refractivity contribution in [3.8, 4) is 0 Å². The summed E-state index contributed by atoms with van der Waals surface area (Å²) in [7, 11) is 0. The van der Waals surface area contributed by atoms with Crippen LogP contribution >= 0.6 is 22.9 Å². The number of hydrogen-bond acceptors (Lipinski definition) is 4. The fourth-order valence-corrected chi connectivity index (χ4v) is 2.71. The van der Waals surface area contributed by atoms with Crippen LogP contribution in [-0.4, -0.2) is 48.8 Å². The lowest BCUT2D eigenvalue weighted by molar-refractivity contribution is 0.0672. The summed E-state index contributed by atoms with van der Waals surface area (Å²) in [6.07, 6.45) is -0.651. The molecule has 1 atom stereocenters. The molecule has 1 unspecified atom stereocenters. The molecule has 0 amide bonds. The Morgan fingerprint density at radius 2 is 2.28 bits per heavy atom. The molecule has 0 saturated carbocycles. The van der Waals surface area contributed by atoms with Crippen molar-refractivity contribution in [1.29, 1.82) is 0 Å². The second-order valence-electron chi connectivity index (χ2n) is 3.96. The molecular weight excluding hydrogens is 274 g/mol. The highest BCUT2D eigenvalue weighted by Gasteiger charge is 2.14. The number of morpholine rings is 1. The van der Waals surface area contributed by atoms with E-state index in [1.807, 2.05) is 4.90 Å². The zero-order valence-electron chi connectivity index (χ0n) is 9.88. The Morgan fingerprint density at radius 3 is 2.89 bits per heavy atom. The van der Waals surface area contributed by atoms with Crippen molar-refractivity contribution >= 4 is 28.9 Å². The van der Waals surface area contributed by atoms with Crippen LogP contribution in [0.25, 0.3) is 0 Å². The smallest absolute Gasteiger partial charge is 0.191 e. The highest BCUT2D eigenvalue weighted by molar-refractivity contribution is 7.16. The number of nitrogens with zero attached hydrogens (tertiary/aromatic N) is 2. The first kappa shape index (κ1) is 13.6. The first-order chi connectivity index (χ1) is 8.66. The molecule has 0 bridgehead atoms. The van der Waals surface area contributed by atoms with E-state index in [1.54, 1.807) is 12.1 Å². The van der Waals surface area contributed by atoms with Gasteiger partial charge in [-0.2, -0.15) is 0 Å². The fraction of sp³-hybridized carbons (Fsp3) is 0.545. The third-order valence-corrected chi connectivity index (χ3v) is 4.02. The van der Waals surface area contributed by atoms with Gasteiger partial charge in [-0.25, -0.2) is 0 Å². The maximum absolute atomic E-state index is 9.93. The molecule has 0 radical (unpaired) electrons. The molecule has 1 saturated heterocycles. The fourth-order valence-electron chi connectivity index (χ4n) is 1.67.